The number of aliphatic hydroxyl groups is 1. The number of aliphatic hydroxyl groups excluding tert-OH is 1. The number of ketones is 3. The molecular formula is C74H128N10O19. The number of carbonyl (C=O) groups is 7. The van der Waals surface area contributed by atoms with Gasteiger partial charge in [-0.1, -0.05) is 73.0 Å². The Morgan fingerprint density at radius 1 is 0.777 bits per heavy atom. The number of Topliss-reactive ketones (excluding diaryl/α,β-unsaturated/α-hetero) is 3. The van der Waals surface area contributed by atoms with Crippen molar-refractivity contribution in [1.29, 1.82) is 0 Å². The average molecular weight is 1460 g/mol. The minimum atomic E-state index is -1.36. The van der Waals surface area contributed by atoms with Crippen molar-refractivity contribution >= 4 is 41.5 Å². The number of ether oxygens (including phenoxy) is 11. The zero-order valence-corrected chi connectivity index (χ0v) is 65.6. The van der Waals surface area contributed by atoms with Crippen LogP contribution >= 0.6 is 0 Å². The summed E-state index contributed by atoms with van der Waals surface area (Å²) in [5.41, 5.74) is 12.7. The second-order valence-corrected chi connectivity index (χ2v) is 31.3. The zero-order valence-electron chi connectivity index (χ0n) is 65.6. The van der Waals surface area contributed by atoms with Gasteiger partial charge in [-0.25, -0.2) is 14.4 Å². The molecule has 0 saturated carbocycles. The van der Waals surface area contributed by atoms with E-state index in [1.54, 1.807) is 62.5 Å². The number of methoxy groups -OCH3 is 2. The molecule has 103 heavy (non-hydrogen) atoms. The van der Waals surface area contributed by atoms with Crippen molar-refractivity contribution < 1.29 is 90.8 Å². The van der Waals surface area contributed by atoms with Crippen LogP contribution in [0.5, 0.6) is 0 Å². The Hall–Kier alpha value is -5.71. The van der Waals surface area contributed by atoms with Crippen LogP contribution in [-0.2, 0) is 76.1 Å². The van der Waals surface area contributed by atoms with Crippen molar-refractivity contribution in [2.24, 2.45) is 51.7 Å². The number of hydrogen-bond acceptors (Lipinski definition) is 23. The molecule has 6 rings (SSSR count). The number of hydrogen-bond donors (Lipinski definition) is 1. The maximum Gasteiger partial charge on any atom is 0.410 e. The Morgan fingerprint density at radius 2 is 1.31 bits per heavy atom. The molecule has 0 aliphatic carbocycles. The molecule has 0 aromatic carbocycles. The largest absolute Gasteiger partial charge is 0.458 e. The minimum absolute atomic E-state index is 0. The van der Waals surface area contributed by atoms with Crippen molar-refractivity contribution in [3.63, 3.8) is 0 Å². The van der Waals surface area contributed by atoms with Gasteiger partial charge in [0.2, 0.25) is 5.79 Å². The number of unbranched alkanes of at least 4 members (excludes halogenated alkanes) is 2. The average Bonchev–Trinajstić information content (AvgIpc) is 1.75. The first kappa shape index (κ1) is 89.7. The minimum Gasteiger partial charge on any atom is -0.458 e. The monoisotopic (exact) mass is 1460 g/mol. The van der Waals surface area contributed by atoms with E-state index in [1.165, 1.54) is 23.8 Å². The molecule has 6 unspecified atom stereocenters. The van der Waals surface area contributed by atoms with Gasteiger partial charge in [0.1, 0.15) is 29.3 Å². The van der Waals surface area contributed by atoms with Crippen LogP contribution in [0.4, 0.5) is 9.59 Å². The maximum absolute atomic E-state index is 14.3. The summed E-state index contributed by atoms with van der Waals surface area (Å²) in [7, 11) is 11.2. The smallest absolute Gasteiger partial charge is 0.410 e. The summed E-state index contributed by atoms with van der Waals surface area (Å²) in [6.45, 7) is 33.8. The Balaban J connectivity index is 0.000000433. The van der Waals surface area contributed by atoms with Gasteiger partial charge in [-0.05, 0) is 159 Å². The fraction of sp³-hybridized carbons (Fsp3) is 0.878. The lowest BCUT2D eigenvalue weighted by atomic mass is 9.76. The van der Waals surface area contributed by atoms with Gasteiger partial charge in [-0.2, -0.15) is 0 Å². The van der Waals surface area contributed by atoms with E-state index in [1.807, 2.05) is 76.7 Å². The lowest BCUT2D eigenvalue weighted by Gasteiger charge is -2.48. The normalized spacial score (nSPS) is 34.7. The van der Waals surface area contributed by atoms with Gasteiger partial charge in [0.05, 0.1) is 59.4 Å². The number of esters is 2. The fourth-order valence-electron chi connectivity index (χ4n) is 16.2. The third-order valence-corrected chi connectivity index (χ3v) is 22.6. The Morgan fingerprint density at radius 3 is 1.83 bits per heavy atom. The van der Waals surface area contributed by atoms with Crippen LogP contribution in [0.3, 0.4) is 0 Å². The highest BCUT2D eigenvalue weighted by Gasteiger charge is 2.60. The first-order valence-electron chi connectivity index (χ1n) is 36.8. The molecule has 29 heteroatoms. The predicted octanol–water partition coefficient (Wildman–Crippen LogP) is 12.1. The molecule has 5 saturated heterocycles. The van der Waals surface area contributed by atoms with Crippen LogP contribution in [0.1, 0.15) is 209 Å². The first-order chi connectivity index (χ1) is 47.6. The van der Waals surface area contributed by atoms with E-state index in [9.17, 15) is 38.7 Å². The summed E-state index contributed by atoms with van der Waals surface area (Å²) in [6, 6.07) is -1.13. The highest BCUT2D eigenvalue weighted by molar-refractivity contribution is 6.00. The van der Waals surface area contributed by atoms with E-state index in [0.29, 0.717) is 43.4 Å². The van der Waals surface area contributed by atoms with Crippen molar-refractivity contribution in [1.82, 2.24) is 19.6 Å². The van der Waals surface area contributed by atoms with Crippen LogP contribution in [0, 0.1) is 41.4 Å². The topological polar surface area (TPSA) is 352 Å². The van der Waals surface area contributed by atoms with Gasteiger partial charge < -0.3 is 76.8 Å². The highest BCUT2D eigenvalue weighted by Crippen LogP contribution is 2.46. The molecule has 0 bridgehead atoms. The SMILES string of the molecule is C.CC[C@@H](O)[C@@]1(C)OC(=O)N(CCCCN=[N+]=[N-])[C@@H]1CC(=O)[C@H](C)C[C@@](C)(OC)[C@H](O[C@@H]1OC(C)CC(N(C)C)C1C)[C@@H](C)C1=C(C)C(=O)OC(C)(C)O1.CC[C@H]1OC(=O)[C@H](C)C(=O)[C@H](C)[C@@H](O[C@@H]2OC(C)CC(N(C)C)C2C)[C@](C)(OC)C[C@@H](C)C(=O)C[C@H]2N(CCCCN=[N+]=[N-])C(=O)O[C@]12C. The van der Waals surface area contributed by atoms with Crippen LogP contribution in [-0.4, -0.2) is 236 Å². The van der Waals surface area contributed by atoms with Crippen LogP contribution < -0.4 is 0 Å². The molecule has 0 aromatic heterocycles. The van der Waals surface area contributed by atoms with E-state index >= 15 is 0 Å². The lowest BCUT2D eigenvalue weighted by Crippen LogP contribution is -2.57. The summed E-state index contributed by atoms with van der Waals surface area (Å²) >= 11 is 0. The molecule has 2 amide bonds. The van der Waals surface area contributed by atoms with Crippen LogP contribution in [0.25, 0.3) is 20.9 Å². The molecule has 29 nitrogen and oxygen atoms in total. The number of amides is 2. The Bertz CT molecular complexity index is 3020. The quantitative estimate of drug-likeness (QED) is 0.0138. The zero-order chi connectivity index (χ0) is 76.9. The third kappa shape index (κ3) is 21.3. The van der Waals surface area contributed by atoms with Gasteiger partial charge >= 0.3 is 24.1 Å². The van der Waals surface area contributed by atoms with E-state index < -0.39 is 137 Å². The molecule has 5 fully saturated rings. The van der Waals surface area contributed by atoms with E-state index in [-0.39, 0.29) is 113 Å². The molecule has 6 aliphatic rings. The maximum atomic E-state index is 14.3. The van der Waals surface area contributed by atoms with Crippen molar-refractivity contribution in [3.8, 4) is 0 Å². The molecule has 23 atom stereocenters. The summed E-state index contributed by atoms with van der Waals surface area (Å²) < 4.78 is 68.5. The van der Waals surface area contributed by atoms with Gasteiger partial charge in [-0.3, -0.25) is 19.2 Å². The Labute approximate surface area is 612 Å². The van der Waals surface area contributed by atoms with Gasteiger partial charge in [0.15, 0.2) is 29.6 Å². The molecule has 588 valence electrons. The summed E-state index contributed by atoms with van der Waals surface area (Å²) in [4.78, 5) is 109. The summed E-state index contributed by atoms with van der Waals surface area (Å²) in [6.07, 6.45) is -1.54. The lowest BCUT2D eigenvalue weighted by molar-refractivity contribution is -0.285. The standard InChI is InChI=1S/C38H65N5O10.C35H59N5O9.CH4/c1-14-30(45)38(10)29(43(35(47)53-38)18-16-15-17-40-41-39)20-28(44)22(2)21-37(9,48-13)32(25(5)31-26(6)33(46)52-36(7,8)51-31)50-34-24(4)27(42(11)12)19-23(3)49-34;1-12-28-35(8)27(40(33(44)49-35)16-14-13-15-37-38-36)18-26(41)20(2)19-34(7,45-11)30(23(5)29(42)24(6)31(43)47-28)48-32-22(4)25(39(9)10)17-21(3)46-32;/h22-25,27,29-30,32,34,45H,14-21H2,1-13H3;20-25,27-28,30,32H,12-19H2,1-11H3;1H4/t22-,23?,24?,25+,27?,29-,30-,32-,34+,37-,38+;20-,21?,22?,23+,24-,25?,27-,28-,30-,32+,34-,35+;/m11./s1. The molecule has 0 spiro atoms. The summed E-state index contributed by atoms with van der Waals surface area (Å²) in [5, 5.41) is 18.2. The molecule has 6 aliphatic heterocycles. The molecular weight excluding hydrogens is 1330 g/mol. The molecule has 0 radical (unpaired) electrons. The second-order valence-electron chi connectivity index (χ2n) is 31.3. The number of carbonyl (C=O) groups excluding carboxylic acids is 7. The Kier molecular flexibility index (Phi) is 33.3. The molecule has 6 heterocycles. The molecule has 0 aromatic rings. The van der Waals surface area contributed by atoms with Crippen LogP contribution in [0.2, 0.25) is 0 Å². The van der Waals surface area contributed by atoms with Crippen molar-refractivity contribution in [3.05, 3.63) is 32.2 Å². The van der Waals surface area contributed by atoms with Gasteiger partial charge in [-0.15, -0.1) is 0 Å². The first-order valence-corrected chi connectivity index (χ1v) is 36.8. The van der Waals surface area contributed by atoms with Gasteiger partial charge in [0.25, 0.3) is 0 Å². The van der Waals surface area contributed by atoms with E-state index in [4.69, 9.17) is 63.2 Å². The summed E-state index contributed by atoms with van der Waals surface area (Å²) in [5.74, 6) is -6.46. The van der Waals surface area contributed by atoms with Crippen LogP contribution in [0.15, 0.2) is 21.6 Å². The van der Waals surface area contributed by atoms with E-state index in [0.717, 1.165) is 12.8 Å². The van der Waals surface area contributed by atoms with Gasteiger partial charge in [0, 0.05) is 125 Å². The second kappa shape index (κ2) is 38.2. The fourth-order valence-corrected chi connectivity index (χ4v) is 16.2. The van der Waals surface area contributed by atoms with Crippen molar-refractivity contribution in [2.75, 3.05) is 68.6 Å². The van der Waals surface area contributed by atoms with E-state index in [2.05, 4.69) is 43.7 Å². The number of rotatable bonds is 29. The number of nitrogens with zero attached hydrogens (tertiary/aromatic N) is 10. The predicted molar refractivity (Wildman–Crippen MR) is 385 cm³/mol. The molecule has 1 N–H and O–H groups in total. The van der Waals surface area contributed by atoms with Crippen molar-refractivity contribution in [2.45, 2.75) is 311 Å². The highest BCUT2D eigenvalue weighted by atomic mass is 16.7. The number of fused-ring (bicyclic) bond motifs is 1. The third-order valence-electron chi connectivity index (χ3n) is 22.6. The number of cyclic esters (lactones) is 3. The number of azide groups is 2.